The van der Waals surface area contributed by atoms with Crippen LogP contribution in [0.15, 0.2) is 66.0 Å². The first-order valence-corrected chi connectivity index (χ1v) is 11.1. The van der Waals surface area contributed by atoms with Gasteiger partial charge in [0.25, 0.3) is 5.91 Å². The third-order valence-corrected chi connectivity index (χ3v) is 5.72. The van der Waals surface area contributed by atoms with Crippen LogP contribution in [0.5, 0.6) is 0 Å². The van der Waals surface area contributed by atoms with Gasteiger partial charge in [0.15, 0.2) is 0 Å². The molecular weight excluding hydrogens is 448 g/mol. The molecule has 1 fully saturated rings. The van der Waals surface area contributed by atoms with Gasteiger partial charge in [-0.05, 0) is 49.2 Å². The first-order valence-electron chi connectivity index (χ1n) is 11.1. The Morgan fingerprint density at radius 1 is 1.20 bits per heavy atom. The maximum atomic E-state index is 12.7. The molecule has 2 N–H and O–H groups in total. The molecule has 0 unspecified atom stereocenters. The standard InChI is InChI=1S/C24H22N8O3/c1-2-21(33)32-12-4-5-16(14-32)24-29-22(31-35-24)15-8-9-20(25-13-15)28-23(34)19-7-3-6-17(27-19)18-10-11-26-30-18/h2-3,6-11,13,16H,1,4-5,12,14H2,(H,26,30)(H,25,28,34)/t16-/m0/s1. The third-order valence-electron chi connectivity index (χ3n) is 5.72. The summed E-state index contributed by atoms with van der Waals surface area (Å²) in [6, 6.07) is 10.4. The molecule has 176 valence electrons. The van der Waals surface area contributed by atoms with E-state index in [1.54, 1.807) is 53.7 Å². The molecule has 11 nitrogen and oxygen atoms in total. The lowest BCUT2D eigenvalue weighted by molar-refractivity contribution is -0.127. The van der Waals surface area contributed by atoms with Gasteiger partial charge in [-0.1, -0.05) is 17.8 Å². The van der Waals surface area contributed by atoms with Gasteiger partial charge in [0.2, 0.25) is 17.6 Å². The highest BCUT2D eigenvalue weighted by molar-refractivity contribution is 6.02. The SMILES string of the molecule is C=CC(=O)N1CCC[C@H](c2nc(-c3ccc(NC(=O)c4cccc(-c5ccn[nH]5)n4)nc3)no2)C1. The van der Waals surface area contributed by atoms with Crippen molar-refractivity contribution in [3.05, 3.63) is 73.0 Å². The summed E-state index contributed by atoms with van der Waals surface area (Å²) in [5.74, 6) is 0.741. The van der Waals surface area contributed by atoms with Crippen molar-refractivity contribution in [3.63, 3.8) is 0 Å². The van der Waals surface area contributed by atoms with Gasteiger partial charge < -0.3 is 14.7 Å². The lowest BCUT2D eigenvalue weighted by Crippen LogP contribution is -2.38. The quantitative estimate of drug-likeness (QED) is 0.409. The van der Waals surface area contributed by atoms with Crippen LogP contribution in [0.25, 0.3) is 22.8 Å². The number of likely N-dealkylation sites (tertiary alicyclic amines) is 1. The Labute approximate surface area is 200 Å². The Morgan fingerprint density at radius 2 is 2.11 bits per heavy atom. The van der Waals surface area contributed by atoms with Crippen LogP contribution in [0.1, 0.15) is 35.1 Å². The molecule has 5 heterocycles. The molecule has 1 atom stereocenters. The lowest BCUT2D eigenvalue weighted by Gasteiger charge is -2.30. The van der Waals surface area contributed by atoms with Gasteiger partial charge >= 0.3 is 0 Å². The molecular formula is C24H22N8O3. The van der Waals surface area contributed by atoms with Crippen molar-refractivity contribution in [2.45, 2.75) is 18.8 Å². The molecule has 5 rings (SSSR count). The number of nitrogens with zero attached hydrogens (tertiary/aromatic N) is 6. The van der Waals surface area contributed by atoms with Crippen LogP contribution in [0, 0.1) is 0 Å². The molecule has 0 saturated carbocycles. The van der Waals surface area contributed by atoms with E-state index in [-0.39, 0.29) is 23.4 Å². The van der Waals surface area contributed by atoms with Gasteiger partial charge in [-0.3, -0.25) is 14.7 Å². The maximum absolute atomic E-state index is 12.7. The molecule has 0 aliphatic carbocycles. The van der Waals surface area contributed by atoms with E-state index in [1.165, 1.54) is 6.08 Å². The summed E-state index contributed by atoms with van der Waals surface area (Å²) < 4.78 is 5.48. The number of hydrogen-bond acceptors (Lipinski definition) is 8. The zero-order valence-electron chi connectivity index (χ0n) is 18.7. The number of anilines is 1. The monoisotopic (exact) mass is 470 g/mol. The summed E-state index contributed by atoms with van der Waals surface area (Å²) >= 11 is 0. The summed E-state index contributed by atoms with van der Waals surface area (Å²) in [7, 11) is 0. The Morgan fingerprint density at radius 3 is 2.89 bits per heavy atom. The Bertz CT molecular complexity index is 1350. The maximum Gasteiger partial charge on any atom is 0.275 e. The van der Waals surface area contributed by atoms with Crippen LogP contribution >= 0.6 is 0 Å². The van der Waals surface area contributed by atoms with Crippen molar-refractivity contribution < 1.29 is 14.1 Å². The number of rotatable bonds is 6. The molecule has 0 aromatic carbocycles. The van der Waals surface area contributed by atoms with Crippen molar-refractivity contribution in [3.8, 4) is 22.8 Å². The summed E-state index contributed by atoms with van der Waals surface area (Å²) in [5.41, 5.74) is 2.23. The first kappa shape index (κ1) is 22.1. The van der Waals surface area contributed by atoms with Crippen molar-refractivity contribution in [2.75, 3.05) is 18.4 Å². The highest BCUT2D eigenvalue weighted by atomic mass is 16.5. The number of hydrogen-bond donors (Lipinski definition) is 2. The second kappa shape index (κ2) is 9.67. The van der Waals surface area contributed by atoms with Crippen LogP contribution < -0.4 is 5.32 Å². The second-order valence-electron chi connectivity index (χ2n) is 8.05. The van der Waals surface area contributed by atoms with E-state index in [4.69, 9.17) is 4.52 Å². The molecule has 2 amide bonds. The van der Waals surface area contributed by atoms with E-state index in [1.807, 2.05) is 0 Å². The van der Waals surface area contributed by atoms with E-state index in [0.29, 0.717) is 41.9 Å². The number of pyridine rings is 2. The predicted molar refractivity (Wildman–Crippen MR) is 126 cm³/mol. The number of H-pyrrole nitrogens is 1. The van der Waals surface area contributed by atoms with Crippen LogP contribution in [-0.4, -0.2) is 60.1 Å². The minimum absolute atomic E-state index is 0.0227. The molecule has 1 aliphatic rings. The normalized spacial score (nSPS) is 15.5. The Balaban J connectivity index is 1.25. The van der Waals surface area contributed by atoms with Crippen LogP contribution in [-0.2, 0) is 4.79 Å². The fourth-order valence-electron chi connectivity index (χ4n) is 3.92. The van der Waals surface area contributed by atoms with E-state index in [9.17, 15) is 9.59 Å². The highest BCUT2D eigenvalue weighted by Gasteiger charge is 2.28. The zero-order chi connectivity index (χ0) is 24.2. The summed E-state index contributed by atoms with van der Waals surface area (Å²) in [6.07, 6.45) is 6.22. The van der Waals surface area contributed by atoms with Crippen molar-refractivity contribution >= 4 is 17.6 Å². The van der Waals surface area contributed by atoms with Gasteiger partial charge in [0.1, 0.15) is 11.5 Å². The highest BCUT2D eigenvalue weighted by Crippen LogP contribution is 2.28. The van der Waals surface area contributed by atoms with Gasteiger partial charge in [-0.15, -0.1) is 0 Å². The predicted octanol–water partition coefficient (Wildman–Crippen LogP) is 3.06. The number of piperidine rings is 1. The van der Waals surface area contributed by atoms with Crippen molar-refractivity contribution in [1.82, 2.24) is 35.2 Å². The number of carbonyl (C=O) groups excluding carboxylic acids is 2. The smallest absolute Gasteiger partial charge is 0.275 e. The van der Waals surface area contributed by atoms with Gasteiger partial charge in [-0.2, -0.15) is 10.1 Å². The molecule has 0 radical (unpaired) electrons. The minimum Gasteiger partial charge on any atom is -0.339 e. The van der Waals surface area contributed by atoms with Gasteiger partial charge in [0, 0.05) is 31.0 Å². The van der Waals surface area contributed by atoms with Gasteiger partial charge in [-0.25, -0.2) is 9.97 Å². The zero-order valence-corrected chi connectivity index (χ0v) is 18.7. The summed E-state index contributed by atoms with van der Waals surface area (Å²) in [6.45, 7) is 4.77. The lowest BCUT2D eigenvalue weighted by atomic mass is 9.98. The molecule has 4 aromatic heterocycles. The van der Waals surface area contributed by atoms with Crippen molar-refractivity contribution in [2.24, 2.45) is 0 Å². The molecule has 0 bridgehead atoms. The second-order valence-corrected chi connectivity index (χ2v) is 8.05. The number of amides is 2. The molecule has 11 heteroatoms. The average molecular weight is 470 g/mol. The van der Waals surface area contributed by atoms with Crippen LogP contribution in [0.2, 0.25) is 0 Å². The fourth-order valence-corrected chi connectivity index (χ4v) is 3.92. The summed E-state index contributed by atoms with van der Waals surface area (Å²) in [4.78, 5) is 39.5. The number of aromatic nitrogens is 6. The third kappa shape index (κ3) is 4.83. The number of nitrogens with one attached hydrogen (secondary N) is 2. The van der Waals surface area contributed by atoms with E-state index < -0.39 is 0 Å². The Kier molecular flexibility index (Phi) is 6.12. The topological polar surface area (TPSA) is 143 Å². The minimum atomic E-state index is -0.385. The Hall–Kier alpha value is -4.67. The fraction of sp³-hybridized carbons (Fsp3) is 0.208. The average Bonchev–Trinajstić information content (AvgIpc) is 3.62. The largest absolute Gasteiger partial charge is 0.339 e. The van der Waals surface area contributed by atoms with Crippen molar-refractivity contribution in [1.29, 1.82) is 0 Å². The molecule has 1 saturated heterocycles. The molecule has 1 aliphatic heterocycles. The molecule has 0 spiro atoms. The number of aromatic amines is 1. The summed E-state index contributed by atoms with van der Waals surface area (Å²) in [5, 5.41) is 13.5. The van der Waals surface area contributed by atoms with Gasteiger partial charge in [0.05, 0.1) is 17.3 Å². The first-order chi connectivity index (χ1) is 17.1. The molecule has 4 aromatic rings. The van der Waals surface area contributed by atoms with Crippen LogP contribution in [0.3, 0.4) is 0 Å². The van der Waals surface area contributed by atoms with E-state index >= 15 is 0 Å². The number of carbonyl (C=O) groups is 2. The van der Waals surface area contributed by atoms with Crippen LogP contribution in [0.4, 0.5) is 5.82 Å². The van der Waals surface area contributed by atoms with E-state index in [0.717, 1.165) is 18.5 Å². The molecule has 35 heavy (non-hydrogen) atoms. The van der Waals surface area contributed by atoms with E-state index in [2.05, 4.69) is 42.2 Å².